The molecule has 186 valence electrons. The predicted octanol–water partition coefficient (Wildman–Crippen LogP) is 3.36. The largest absolute Gasteiger partial charge is 0.326 e. The van der Waals surface area contributed by atoms with Gasteiger partial charge in [0, 0.05) is 42.7 Å². The number of nitrogens with zero attached hydrogens (tertiary/aromatic N) is 3. The van der Waals surface area contributed by atoms with Gasteiger partial charge in [0.2, 0.25) is 15.9 Å². The number of amides is 1. The number of H-pyrrole nitrogens is 1. The lowest BCUT2D eigenvalue weighted by Crippen LogP contribution is -2.30. The van der Waals surface area contributed by atoms with E-state index in [-0.39, 0.29) is 29.2 Å². The summed E-state index contributed by atoms with van der Waals surface area (Å²) in [5.41, 5.74) is 3.18. The molecule has 3 rings (SSSR count). The van der Waals surface area contributed by atoms with Crippen LogP contribution in [0.2, 0.25) is 0 Å². The number of hydrogen-bond acceptors (Lipinski definition) is 6. The quantitative estimate of drug-likeness (QED) is 0.467. The van der Waals surface area contributed by atoms with Gasteiger partial charge in [0.05, 0.1) is 4.90 Å². The highest BCUT2D eigenvalue weighted by molar-refractivity contribution is 7.89. The fraction of sp³-hybridized carbons (Fsp3) is 0.360. The minimum Gasteiger partial charge on any atom is -0.326 e. The summed E-state index contributed by atoms with van der Waals surface area (Å²) >= 11 is 0. The van der Waals surface area contributed by atoms with E-state index in [1.165, 1.54) is 10.4 Å². The number of pyridine rings is 1. The third-order valence-electron chi connectivity index (χ3n) is 5.99. The van der Waals surface area contributed by atoms with Crippen molar-refractivity contribution in [3.05, 3.63) is 69.3 Å². The van der Waals surface area contributed by atoms with Crippen molar-refractivity contribution in [3.63, 3.8) is 0 Å². The minimum atomic E-state index is -3.67. The molecule has 2 N–H and O–H groups in total. The number of carbonyl (C=O) groups is 1. The van der Waals surface area contributed by atoms with Gasteiger partial charge in [-0.1, -0.05) is 19.9 Å². The Bertz CT molecular complexity index is 1380. The number of aromatic amines is 1. The third kappa shape index (κ3) is 5.83. The summed E-state index contributed by atoms with van der Waals surface area (Å²) in [6, 6.07) is 8.45. The first kappa shape index (κ1) is 26.2. The normalized spacial score (nSPS) is 11.6. The van der Waals surface area contributed by atoms with E-state index in [2.05, 4.69) is 20.3 Å². The first-order chi connectivity index (χ1) is 16.6. The maximum Gasteiger partial charge on any atom is 0.254 e. The molecule has 0 saturated carbocycles. The maximum atomic E-state index is 13.0. The molecule has 0 bridgehead atoms. The Morgan fingerprint density at radius 1 is 1.11 bits per heavy atom. The van der Waals surface area contributed by atoms with Crippen LogP contribution in [0.5, 0.6) is 0 Å². The number of anilines is 1. The Labute approximate surface area is 205 Å². The first-order valence-corrected chi connectivity index (χ1v) is 12.9. The summed E-state index contributed by atoms with van der Waals surface area (Å²) in [5.74, 6) is 0.0520. The van der Waals surface area contributed by atoms with Crippen LogP contribution >= 0.6 is 0 Å². The van der Waals surface area contributed by atoms with E-state index in [0.717, 1.165) is 11.1 Å². The smallest absolute Gasteiger partial charge is 0.254 e. The summed E-state index contributed by atoms with van der Waals surface area (Å²) in [7, 11) is -3.67. The lowest BCUT2D eigenvalue weighted by Gasteiger charge is -2.20. The van der Waals surface area contributed by atoms with Gasteiger partial charge in [-0.2, -0.15) is 4.31 Å². The molecule has 2 aromatic heterocycles. The molecule has 0 radical (unpaired) electrons. The molecule has 2 heterocycles. The molecule has 0 saturated heterocycles. The molecule has 3 aromatic rings. The Morgan fingerprint density at radius 3 is 2.43 bits per heavy atom. The van der Waals surface area contributed by atoms with E-state index in [4.69, 9.17) is 0 Å². The van der Waals surface area contributed by atoms with Crippen LogP contribution in [-0.2, 0) is 21.2 Å². The SMILES string of the molecule is CCN(CC)S(=O)(=O)c1cc(C)c(C)c(NC(=O)CCc2c(C)nc(-c3ccccn3)[nH]c2=O)c1. The molecular weight excluding hydrogens is 466 g/mol. The van der Waals surface area contributed by atoms with Crippen LogP contribution in [-0.4, -0.2) is 46.7 Å². The van der Waals surface area contributed by atoms with Crippen molar-refractivity contribution >= 4 is 21.6 Å². The van der Waals surface area contributed by atoms with E-state index >= 15 is 0 Å². The molecule has 35 heavy (non-hydrogen) atoms. The zero-order valence-electron chi connectivity index (χ0n) is 20.7. The van der Waals surface area contributed by atoms with E-state index < -0.39 is 10.0 Å². The molecule has 0 aliphatic carbocycles. The molecule has 0 aliphatic rings. The molecule has 9 nitrogen and oxygen atoms in total. The second-order valence-electron chi connectivity index (χ2n) is 8.24. The second-order valence-corrected chi connectivity index (χ2v) is 10.2. The molecule has 0 atom stereocenters. The van der Waals surface area contributed by atoms with Crippen molar-refractivity contribution < 1.29 is 13.2 Å². The lowest BCUT2D eigenvalue weighted by molar-refractivity contribution is -0.116. The highest BCUT2D eigenvalue weighted by Crippen LogP contribution is 2.26. The molecular formula is C25H31N5O4S. The highest BCUT2D eigenvalue weighted by Gasteiger charge is 2.23. The van der Waals surface area contributed by atoms with Crippen LogP contribution in [0.15, 0.2) is 46.2 Å². The summed E-state index contributed by atoms with van der Waals surface area (Å²) in [6.45, 7) is 9.64. The molecule has 10 heteroatoms. The Hall–Kier alpha value is -3.37. The molecule has 1 aromatic carbocycles. The van der Waals surface area contributed by atoms with Gasteiger partial charge < -0.3 is 10.3 Å². The van der Waals surface area contributed by atoms with Crippen LogP contribution in [0, 0.1) is 20.8 Å². The van der Waals surface area contributed by atoms with Gasteiger partial charge in [0.25, 0.3) is 5.56 Å². The van der Waals surface area contributed by atoms with Crippen LogP contribution in [0.3, 0.4) is 0 Å². The first-order valence-electron chi connectivity index (χ1n) is 11.5. The molecule has 0 spiro atoms. The Balaban J connectivity index is 1.78. The zero-order chi connectivity index (χ0) is 25.8. The number of aryl methyl sites for hydroxylation is 2. The highest BCUT2D eigenvalue weighted by atomic mass is 32.2. The van der Waals surface area contributed by atoms with Crippen molar-refractivity contribution in [2.75, 3.05) is 18.4 Å². The lowest BCUT2D eigenvalue weighted by atomic mass is 10.1. The fourth-order valence-corrected chi connectivity index (χ4v) is 5.37. The number of aromatic nitrogens is 3. The van der Waals surface area contributed by atoms with E-state index in [1.807, 2.05) is 19.9 Å². The Kier molecular flexibility index (Phi) is 8.18. The molecule has 1 amide bonds. The summed E-state index contributed by atoms with van der Waals surface area (Å²) in [5, 5.41) is 2.82. The average Bonchev–Trinajstić information content (AvgIpc) is 2.82. The third-order valence-corrected chi connectivity index (χ3v) is 8.02. The van der Waals surface area contributed by atoms with Crippen LogP contribution in [0.4, 0.5) is 5.69 Å². The fourth-order valence-electron chi connectivity index (χ4n) is 3.80. The molecule has 0 fully saturated rings. The van der Waals surface area contributed by atoms with Gasteiger partial charge in [0.15, 0.2) is 5.82 Å². The summed E-state index contributed by atoms with van der Waals surface area (Å²) in [6.07, 6.45) is 1.85. The van der Waals surface area contributed by atoms with Gasteiger partial charge >= 0.3 is 0 Å². The second kappa shape index (κ2) is 10.9. The van der Waals surface area contributed by atoms with Crippen LogP contribution < -0.4 is 10.9 Å². The molecule has 0 unspecified atom stereocenters. The standard InChI is InChI=1S/C25H31N5O4S/c1-6-30(7-2)35(33,34)19-14-16(3)17(4)22(15-19)28-23(31)12-11-20-18(5)27-24(29-25(20)32)21-10-8-9-13-26-21/h8-10,13-15H,6-7,11-12H2,1-5H3,(H,28,31)(H,27,29,32). The predicted molar refractivity (Wildman–Crippen MR) is 136 cm³/mol. The van der Waals surface area contributed by atoms with E-state index in [9.17, 15) is 18.0 Å². The number of hydrogen-bond donors (Lipinski definition) is 2. The average molecular weight is 498 g/mol. The van der Waals surface area contributed by atoms with Gasteiger partial charge in [0.1, 0.15) is 5.69 Å². The zero-order valence-corrected chi connectivity index (χ0v) is 21.5. The van der Waals surface area contributed by atoms with E-state index in [0.29, 0.717) is 41.6 Å². The van der Waals surface area contributed by atoms with Gasteiger partial charge in [-0.3, -0.25) is 14.6 Å². The number of carbonyl (C=O) groups excluding carboxylic acids is 1. The molecule has 0 aliphatic heterocycles. The van der Waals surface area contributed by atoms with Crippen LogP contribution in [0.25, 0.3) is 11.5 Å². The van der Waals surface area contributed by atoms with Crippen molar-refractivity contribution in [1.29, 1.82) is 0 Å². The van der Waals surface area contributed by atoms with Gasteiger partial charge in [-0.25, -0.2) is 13.4 Å². The van der Waals surface area contributed by atoms with Crippen molar-refractivity contribution in [2.24, 2.45) is 0 Å². The monoisotopic (exact) mass is 497 g/mol. The number of nitrogens with one attached hydrogen (secondary N) is 2. The number of sulfonamides is 1. The Morgan fingerprint density at radius 2 is 1.83 bits per heavy atom. The van der Waals surface area contributed by atoms with Gasteiger partial charge in [-0.15, -0.1) is 0 Å². The van der Waals surface area contributed by atoms with Gasteiger partial charge in [-0.05, 0) is 62.6 Å². The van der Waals surface area contributed by atoms with Crippen molar-refractivity contribution in [2.45, 2.75) is 52.4 Å². The summed E-state index contributed by atoms with van der Waals surface area (Å²) in [4.78, 5) is 36.9. The minimum absolute atomic E-state index is 0.0417. The number of rotatable bonds is 9. The summed E-state index contributed by atoms with van der Waals surface area (Å²) < 4.78 is 27.3. The number of benzene rings is 1. The topological polar surface area (TPSA) is 125 Å². The maximum absolute atomic E-state index is 13.0. The van der Waals surface area contributed by atoms with Crippen molar-refractivity contribution in [3.8, 4) is 11.5 Å². The van der Waals surface area contributed by atoms with Crippen LogP contribution in [0.1, 0.15) is 42.7 Å². The van der Waals surface area contributed by atoms with E-state index in [1.54, 1.807) is 45.2 Å². The van der Waals surface area contributed by atoms with Crippen molar-refractivity contribution in [1.82, 2.24) is 19.3 Å².